The third kappa shape index (κ3) is 10.7. The summed E-state index contributed by atoms with van der Waals surface area (Å²) in [6.45, 7) is 7.82. The van der Waals surface area contributed by atoms with Crippen LogP contribution in [0.5, 0.6) is 0 Å². The van der Waals surface area contributed by atoms with E-state index in [4.69, 9.17) is 5.73 Å². The Balaban J connectivity index is 1.63. The van der Waals surface area contributed by atoms with Crippen LogP contribution in [-0.4, -0.2) is 98.5 Å². The lowest BCUT2D eigenvalue weighted by atomic mass is 9.97. The number of para-hydroxylation sites is 2. The molecule has 16 nitrogen and oxygen atoms in total. The first-order valence-corrected chi connectivity index (χ1v) is 18.4. The molecule has 0 saturated carbocycles. The first-order valence-electron chi connectivity index (χ1n) is 18.4. The first kappa shape index (κ1) is 42.0. The van der Waals surface area contributed by atoms with Crippen LogP contribution in [0.2, 0.25) is 0 Å². The number of aliphatic carboxylic acids is 1. The molecule has 0 radical (unpaired) electrons. The van der Waals surface area contributed by atoms with Crippen molar-refractivity contribution in [3.63, 3.8) is 0 Å². The highest BCUT2D eigenvalue weighted by Gasteiger charge is 2.36. The van der Waals surface area contributed by atoms with Gasteiger partial charge >= 0.3 is 5.97 Å². The summed E-state index contributed by atoms with van der Waals surface area (Å²) in [6, 6.07) is 8.16. The number of aliphatic hydroxyl groups is 1. The van der Waals surface area contributed by atoms with E-state index >= 15 is 0 Å². The number of aromatic nitrogens is 2. The Kier molecular flexibility index (Phi) is 14.5. The first-order chi connectivity index (χ1) is 26.1. The maximum absolute atomic E-state index is 14.1. The van der Waals surface area contributed by atoms with Crippen LogP contribution in [0.1, 0.15) is 52.2 Å². The predicted molar refractivity (Wildman–Crippen MR) is 206 cm³/mol. The van der Waals surface area contributed by atoms with E-state index in [9.17, 15) is 39.0 Å². The largest absolute Gasteiger partial charge is 0.480 e. The number of hydrogen-bond acceptors (Lipinski definition) is 8. The monoisotopic (exact) mass is 760 g/mol. The lowest BCUT2D eigenvalue weighted by Gasteiger charge is -2.29. The number of carboxylic acid groups (broad SMARTS) is 1. The molecule has 2 unspecified atom stereocenters. The molecule has 16 heteroatoms. The van der Waals surface area contributed by atoms with Gasteiger partial charge in [-0.15, -0.1) is 0 Å². The van der Waals surface area contributed by atoms with E-state index < -0.39 is 77.7 Å². The standard InChI is InChI=1S/C39H52N8O8/c1-6-21(4)33(45-31(49)17-40)37(52)43-30(16-24-19-42-28-14-10-8-12-26(24)28)36(51)47-34(22(5)48)38(53)44-29(35(50)46-32(20(2)3)39(54)55)15-23-18-41-27-13-9-7-11-25(23)27/h7-14,18-22,29-30,32-34,41-42,48H,6,15-17,40H2,1-5H3,(H,43,52)(H,44,53)(H,45,49)(H,46,50)(H,47,51)(H,54,55)/t21?,22?,29-,30-,32-,33-,34-/m1/s1. The van der Waals surface area contributed by atoms with Crippen molar-refractivity contribution in [2.24, 2.45) is 17.6 Å². The molecule has 7 atom stereocenters. The van der Waals surface area contributed by atoms with Crippen molar-refractivity contribution in [3.8, 4) is 0 Å². The van der Waals surface area contributed by atoms with Crippen molar-refractivity contribution in [2.45, 2.75) is 90.2 Å². The third-order valence-electron chi connectivity index (χ3n) is 9.75. The van der Waals surface area contributed by atoms with Crippen molar-refractivity contribution >= 4 is 57.3 Å². The van der Waals surface area contributed by atoms with Gasteiger partial charge in [0.2, 0.25) is 29.5 Å². The van der Waals surface area contributed by atoms with Gasteiger partial charge < -0.3 is 52.5 Å². The summed E-state index contributed by atoms with van der Waals surface area (Å²) in [7, 11) is 0. The van der Waals surface area contributed by atoms with Crippen LogP contribution in [-0.2, 0) is 41.6 Å². The SMILES string of the molecule is CCC(C)[C@@H](NC(=O)CN)C(=O)N[C@H](Cc1c[nH]c2ccccc12)C(=O)N[C@@H](C(=O)N[C@H](Cc1c[nH]c2ccccc12)C(=O)N[C@@H](C(=O)O)C(C)C)C(C)O. The number of nitrogens with two attached hydrogens (primary N) is 1. The molecule has 0 fully saturated rings. The van der Waals surface area contributed by atoms with E-state index in [1.165, 1.54) is 6.92 Å². The highest BCUT2D eigenvalue weighted by molar-refractivity contribution is 5.97. The number of carboxylic acids is 1. The van der Waals surface area contributed by atoms with Gasteiger partial charge in [-0.2, -0.15) is 0 Å². The molecule has 0 aliphatic rings. The Morgan fingerprint density at radius 2 is 1.11 bits per heavy atom. The number of carbonyl (C=O) groups excluding carboxylic acids is 5. The van der Waals surface area contributed by atoms with Crippen LogP contribution in [0.15, 0.2) is 60.9 Å². The molecule has 55 heavy (non-hydrogen) atoms. The maximum Gasteiger partial charge on any atom is 0.326 e. The summed E-state index contributed by atoms with van der Waals surface area (Å²) in [6.07, 6.45) is 2.33. The van der Waals surface area contributed by atoms with Crippen LogP contribution < -0.4 is 32.3 Å². The van der Waals surface area contributed by atoms with E-state index in [0.29, 0.717) is 17.5 Å². The quantitative estimate of drug-likeness (QED) is 0.0653. The normalized spacial score (nSPS) is 15.3. The Morgan fingerprint density at radius 3 is 1.53 bits per heavy atom. The van der Waals surface area contributed by atoms with Gasteiger partial charge in [0.15, 0.2) is 0 Å². The van der Waals surface area contributed by atoms with Gasteiger partial charge in [-0.1, -0.05) is 70.5 Å². The number of hydrogen-bond donors (Lipinski definition) is 10. The van der Waals surface area contributed by atoms with Gasteiger partial charge in [0.05, 0.1) is 12.6 Å². The Morgan fingerprint density at radius 1 is 0.655 bits per heavy atom. The molecule has 11 N–H and O–H groups in total. The summed E-state index contributed by atoms with van der Waals surface area (Å²) < 4.78 is 0. The zero-order valence-electron chi connectivity index (χ0n) is 31.6. The summed E-state index contributed by atoms with van der Waals surface area (Å²) in [5.74, 6) is -5.81. The molecule has 296 valence electrons. The molecule has 4 aromatic rings. The minimum atomic E-state index is -1.61. The third-order valence-corrected chi connectivity index (χ3v) is 9.75. The Hall–Kier alpha value is -5.74. The number of amides is 5. The van der Waals surface area contributed by atoms with Gasteiger partial charge in [-0.05, 0) is 42.0 Å². The number of H-pyrrole nitrogens is 2. The second kappa shape index (κ2) is 19.0. The minimum absolute atomic E-state index is 0.0365. The van der Waals surface area contributed by atoms with Crippen molar-refractivity contribution < 1.29 is 39.0 Å². The van der Waals surface area contributed by atoms with E-state index in [1.807, 2.05) is 55.5 Å². The molecule has 0 aliphatic heterocycles. The molecular formula is C39H52N8O8. The van der Waals surface area contributed by atoms with Gasteiger partial charge in [0, 0.05) is 47.0 Å². The predicted octanol–water partition coefficient (Wildman–Crippen LogP) is 0.985. The van der Waals surface area contributed by atoms with Gasteiger partial charge in [0.25, 0.3) is 0 Å². The molecular weight excluding hydrogens is 708 g/mol. The van der Waals surface area contributed by atoms with Crippen molar-refractivity contribution in [2.75, 3.05) is 6.54 Å². The Labute approximate surface area is 318 Å². The minimum Gasteiger partial charge on any atom is -0.480 e. The topological polar surface area (TPSA) is 261 Å². The molecule has 5 amide bonds. The average Bonchev–Trinajstić information content (AvgIpc) is 3.77. The molecule has 0 saturated heterocycles. The summed E-state index contributed by atoms with van der Waals surface area (Å²) in [5.41, 5.74) is 8.41. The van der Waals surface area contributed by atoms with Crippen LogP contribution in [0.3, 0.4) is 0 Å². The van der Waals surface area contributed by atoms with Crippen molar-refractivity contribution in [1.82, 2.24) is 36.6 Å². The van der Waals surface area contributed by atoms with Gasteiger partial charge in [-0.3, -0.25) is 24.0 Å². The summed E-state index contributed by atoms with van der Waals surface area (Å²) >= 11 is 0. The molecule has 2 aromatic carbocycles. The molecule has 0 aliphatic carbocycles. The zero-order chi connectivity index (χ0) is 40.4. The zero-order valence-corrected chi connectivity index (χ0v) is 31.6. The fourth-order valence-corrected chi connectivity index (χ4v) is 6.34. The van der Waals surface area contributed by atoms with E-state index in [2.05, 4.69) is 36.6 Å². The summed E-state index contributed by atoms with van der Waals surface area (Å²) in [5, 5.41) is 35.2. The number of fused-ring (bicyclic) bond motifs is 2. The molecule has 2 aromatic heterocycles. The fraction of sp³-hybridized carbons (Fsp3) is 0.436. The van der Waals surface area contributed by atoms with Crippen molar-refractivity contribution in [3.05, 3.63) is 72.1 Å². The smallest absolute Gasteiger partial charge is 0.326 e. The number of rotatable bonds is 19. The second-order valence-corrected chi connectivity index (χ2v) is 14.2. The molecule has 0 spiro atoms. The lowest BCUT2D eigenvalue weighted by molar-refractivity contribution is -0.143. The van der Waals surface area contributed by atoms with Crippen LogP contribution in [0.4, 0.5) is 0 Å². The van der Waals surface area contributed by atoms with Crippen LogP contribution in [0.25, 0.3) is 21.8 Å². The second-order valence-electron chi connectivity index (χ2n) is 14.2. The average molecular weight is 761 g/mol. The van der Waals surface area contributed by atoms with Gasteiger partial charge in [-0.25, -0.2) is 4.79 Å². The maximum atomic E-state index is 14.1. The number of nitrogens with one attached hydrogen (secondary N) is 7. The molecule has 2 heterocycles. The van der Waals surface area contributed by atoms with E-state index in [1.54, 1.807) is 33.2 Å². The van der Waals surface area contributed by atoms with Crippen LogP contribution in [0, 0.1) is 11.8 Å². The highest BCUT2D eigenvalue weighted by Crippen LogP contribution is 2.21. The molecule has 0 bridgehead atoms. The van der Waals surface area contributed by atoms with E-state index in [-0.39, 0.29) is 25.3 Å². The Bertz CT molecular complexity index is 1990. The highest BCUT2D eigenvalue weighted by atomic mass is 16.4. The van der Waals surface area contributed by atoms with Gasteiger partial charge in [0.1, 0.15) is 30.2 Å². The molecule has 4 rings (SSSR count). The number of benzene rings is 2. The van der Waals surface area contributed by atoms with Crippen LogP contribution >= 0.6 is 0 Å². The number of carbonyl (C=O) groups is 6. The van der Waals surface area contributed by atoms with E-state index in [0.717, 1.165) is 21.8 Å². The summed E-state index contributed by atoms with van der Waals surface area (Å²) in [4.78, 5) is 86.0. The number of aliphatic hydroxyl groups excluding tert-OH is 1. The lowest BCUT2D eigenvalue weighted by Crippen LogP contribution is -2.62. The number of aromatic amines is 2. The van der Waals surface area contributed by atoms with Crippen molar-refractivity contribution in [1.29, 1.82) is 0 Å². The fourth-order valence-electron chi connectivity index (χ4n) is 6.34.